The van der Waals surface area contributed by atoms with Crippen LogP contribution in [0.25, 0.3) is 0 Å². The van der Waals surface area contributed by atoms with Gasteiger partial charge in [-0.2, -0.15) is 13.2 Å². The van der Waals surface area contributed by atoms with E-state index in [1.165, 1.54) is 12.1 Å². The van der Waals surface area contributed by atoms with E-state index in [4.69, 9.17) is 4.74 Å². The van der Waals surface area contributed by atoms with E-state index in [9.17, 15) is 13.2 Å². The van der Waals surface area contributed by atoms with Crippen LogP contribution < -0.4 is 10.2 Å². The maximum atomic E-state index is 13.0. The lowest BCUT2D eigenvalue weighted by atomic mass is 10.1. The van der Waals surface area contributed by atoms with Gasteiger partial charge in [-0.25, -0.2) is 0 Å². The Bertz CT molecular complexity index is 665. The molecule has 1 aliphatic rings. The number of anilines is 2. The summed E-state index contributed by atoms with van der Waals surface area (Å²) >= 11 is 0. The van der Waals surface area contributed by atoms with Crippen molar-refractivity contribution in [2.45, 2.75) is 12.7 Å². The van der Waals surface area contributed by atoms with Gasteiger partial charge < -0.3 is 15.0 Å². The molecule has 2 aromatic carbocycles. The number of hydrogen-bond donors (Lipinski definition) is 1. The zero-order chi connectivity index (χ0) is 17.0. The number of alkyl halides is 3. The van der Waals surface area contributed by atoms with Gasteiger partial charge in [-0.15, -0.1) is 0 Å². The Balaban J connectivity index is 1.65. The summed E-state index contributed by atoms with van der Waals surface area (Å²) in [6.45, 7) is 3.27. The first-order valence-electron chi connectivity index (χ1n) is 7.86. The zero-order valence-corrected chi connectivity index (χ0v) is 13.1. The van der Waals surface area contributed by atoms with Gasteiger partial charge in [0.2, 0.25) is 0 Å². The summed E-state index contributed by atoms with van der Waals surface area (Å²) in [5.41, 5.74) is 1.54. The molecule has 0 aromatic heterocycles. The minimum absolute atomic E-state index is 0.132. The molecule has 0 radical (unpaired) electrons. The van der Waals surface area contributed by atoms with Crippen molar-refractivity contribution in [3.05, 3.63) is 59.7 Å². The Morgan fingerprint density at radius 2 is 1.62 bits per heavy atom. The Kier molecular flexibility index (Phi) is 4.94. The van der Waals surface area contributed by atoms with Crippen LogP contribution in [0.5, 0.6) is 0 Å². The van der Waals surface area contributed by atoms with E-state index in [0.717, 1.165) is 30.5 Å². The topological polar surface area (TPSA) is 24.5 Å². The van der Waals surface area contributed by atoms with Gasteiger partial charge in [-0.05, 0) is 35.9 Å². The SMILES string of the molecule is FC(F)(F)c1ccccc1CNc1ccc(N2CCOCC2)cc1. The highest BCUT2D eigenvalue weighted by Gasteiger charge is 2.32. The largest absolute Gasteiger partial charge is 0.416 e. The number of ether oxygens (including phenoxy) is 1. The van der Waals surface area contributed by atoms with Gasteiger partial charge in [0, 0.05) is 31.0 Å². The zero-order valence-electron chi connectivity index (χ0n) is 13.1. The maximum Gasteiger partial charge on any atom is 0.416 e. The molecule has 1 aliphatic heterocycles. The lowest BCUT2D eigenvalue weighted by Crippen LogP contribution is -2.36. The predicted molar refractivity (Wildman–Crippen MR) is 88.2 cm³/mol. The van der Waals surface area contributed by atoms with Crippen molar-refractivity contribution >= 4 is 11.4 Å². The molecule has 1 saturated heterocycles. The Labute approximate surface area is 139 Å². The van der Waals surface area contributed by atoms with Crippen LogP contribution in [-0.4, -0.2) is 26.3 Å². The van der Waals surface area contributed by atoms with Crippen LogP contribution in [0.15, 0.2) is 48.5 Å². The first kappa shape index (κ1) is 16.6. The highest BCUT2D eigenvalue weighted by molar-refractivity contribution is 5.55. The highest BCUT2D eigenvalue weighted by Crippen LogP contribution is 2.32. The molecule has 1 fully saturated rings. The Hall–Kier alpha value is -2.21. The fourth-order valence-electron chi connectivity index (χ4n) is 2.76. The molecule has 0 spiro atoms. The monoisotopic (exact) mass is 336 g/mol. The van der Waals surface area contributed by atoms with E-state index in [2.05, 4.69) is 10.2 Å². The average Bonchev–Trinajstić information content (AvgIpc) is 2.61. The van der Waals surface area contributed by atoms with Gasteiger partial charge in [0.05, 0.1) is 18.8 Å². The van der Waals surface area contributed by atoms with Crippen LogP contribution in [-0.2, 0) is 17.5 Å². The number of rotatable bonds is 4. The molecule has 3 rings (SSSR count). The van der Waals surface area contributed by atoms with Gasteiger partial charge in [-0.3, -0.25) is 0 Å². The van der Waals surface area contributed by atoms with Crippen LogP contribution in [0.1, 0.15) is 11.1 Å². The summed E-state index contributed by atoms with van der Waals surface area (Å²) in [4.78, 5) is 2.23. The Morgan fingerprint density at radius 1 is 0.958 bits per heavy atom. The molecule has 0 amide bonds. The quantitative estimate of drug-likeness (QED) is 0.908. The normalized spacial score (nSPS) is 15.4. The molecule has 1 N–H and O–H groups in total. The smallest absolute Gasteiger partial charge is 0.381 e. The number of benzene rings is 2. The number of morpholine rings is 1. The number of nitrogens with zero attached hydrogens (tertiary/aromatic N) is 1. The van der Waals surface area contributed by atoms with Crippen molar-refractivity contribution in [1.29, 1.82) is 0 Å². The molecule has 0 saturated carbocycles. The second-order valence-electron chi connectivity index (χ2n) is 5.65. The third-order valence-corrected chi connectivity index (χ3v) is 4.05. The molecule has 6 heteroatoms. The van der Waals surface area contributed by atoms with Crippen molar-refractivity contribution in [3.63, 3.8) is 0 Å². The Morgan fingerprint density at radius 3 is 2.29 bits per heavy atom. The lowest BCUT2D eigenvalue weighted by Gasteiger charge is -2.29. The van der Waals surface area contributed by atoms with Crippen LogP contribution in [0, 0.1) is 0 Å². The van der Waals surface area contributed by atoms with Gasteiger partial charge in [0.15, 0.2) is 0 Å². The summed E-state index contributed by atoms with van der Waals surface area (Å²) in [5, 5.41) is 3.06. The van der Waals surface area contributed by atoms with Crippen molar-refractivity contribution in [1.82, 2.24) is 0 Å². The molecule has 1 heterocycles. The summed E-state index contributed by atoms with van der Waals surface area (Å²) in [6.07, 6.45) is -4.33. The molecule has 128 valence electrons. The highest BCUT2D eigenvalue weighted by atomic mass is 19.4. The minimum Gasteiger partial charge on any atom is -0.381 e. The molecule has 0 atom stereocenters. The molecular weight excluding hydrogens is 317 g/mol. The third kappa shape index (κ3) is 4.00. The van der Waals surface area contributed by atoms with E-state index in [-0.39, 0.29) is 12.1 Å². The first-order valence-corrected chi connectivity index (χ1v) is 7.86. The predicted octanol–water partition coefficient (Wildman–Crippen LogP) is 4.15. The molecule has 3 nitrogen and oxygen atoms in total. The number of hydrogen-bond acceptors (Lipinski definition) is 3. The lowest BCUT2D eigenvalue weighted by molar-refractivity contribution is -0.138. The van der Waals surface area contributed by atoms with Gasteiger partial charge >= 0.3 is 6.18 Å². The molecule has 0 unspecified atom stereocenters. The molecule has 0 bridgehead atoms. The summed E-state index contributed by atoms with van der Waals surface area (Å²) < 4.78 is 44.3. The van der Waals surface area contributed by atoms with Crippen molar-refractivity contribution < 1.29 is 17.9 Å². The summed E-state index contributed by atoms with van der Waals surface area (Å²) in [6, 6.07) is 13.4. The van der Waals surface area contributed by atoms with E-state index in [1.54, 1.807) is 6.07 Å². The average molecular weight is 336 g/mol. The second-order valence-corrected chi connectivity index (χ2v) is 5.65. The van der Waals surface area contributed by atoms with Crippen LogP contribution in [0.3, 0.4) is 0 Å². The fraction of sp³-hybridized carbons (Fsp3) is 0.333. The van der Waals surface area contributed by atoms with Crippen LogP contribution in [0.4, 0.5) is 24.5 Å². The molecular formula is C18H19F3N2O. The third-order valence-electron chi connectivity index (χ3n) is 4.05. The van der Waals surface area contributed by atoms with Gasteiger partial charge in [-0.1, -0.05) is 18.2 Å². The standard InChI is InChI=1S/C18H19F3N2O/c19-18(20,21)17-4-2-1-3-14(17)13-22-15-5-7-16(8-6-15)23-9-11-24-12-10-23/h1-8,22H,9-13H2. The van der Waals surface area contributed by atoms with Crippen molar-refractivity contribution in [2.24, 2.45) is 0 Å². The maximum absolute atomic E-state index is 13.0. The number of nitrogens with one attached hydrogen (secondary N) is 1. The summed E-state index contributed by atoms with van der Waals surface area (Å²) in [5.74, 6) is 0. The van der Waals surface area contributed by atoms with Crippen molar-refractivity contribution in [3.8, 4) is 0 Å². The first-order chi connectivity index (χ1) is 11.5. The van der Waals surface area contributed by atoms with E-state index >= 15 is 0 Å². The molecule has 2 aromatic rings. The van der Waals surface area contributed by atoms with E-state index in [0.29, 0.717) is 13.2 Å². The van der Waals surface area contributed by atoms with Gasteiger partial charge in [0.25, 0.3) is 0 Å². The van der Waals surface area contributed by atoms with E-state index < -0.39 is 11.7 Å². The summed E-state index contributed by atoms with van der Waals surface area (Å²) in [7, 11) is 0. The van der Waals surface area contributed by atoms with Gasteiger partial charge in [0.1, 0.15) is 0 Å². The fourth-order valence-corrected chi connectivity index (χ4v) is 2.76. The molecule has 24 heavy (non-hydrogen) atoms. The minimum atomic E-state index is -4.33. The molecule has 0 aliphatic carbocycles. The van der Waals surface area contributed by atoms with Crippen LogP contribution in [0.2, 0.25) is 0 Å². The number of halogens is 3. The second kappa shape index (κ2) is 7.13. The van der Waals surface area contributed by atoms with Crippen molar-refractivity contribution in [2.75, 3.05) is 36.5 Å². The van der Waals surface area contributed by atoms with Crippen LogP contribution >= 0.6 is 0 Å². The van der Waals surface area contributed by atoms with E-state index in [1.807, 2.05) is 24.3 Å².